The molecule has 0 radical (unpaired) electrons. The number of rotatable bonds is 2. The van der Waals surface area contributed by atoms with Crippen LogP contribution in [-0.4, -0.2) is 15.9 Å². The molecule has 1 rings (SSSR count). The molecular weight excluding hydrogens is 122 g/mol. The van der Waals surface area contributed by atoms with Gasteiger partial charge in [0.2, 0.25) is 5.13 Å². The Balaban J connectivity index is 0.000000640. The first kappa shape index (κ1) is 5.50. The van der Waals surface area contributed by atoms with Gasteiger partial charge in [0, 0.05) is 19.5 Å². The summed E-state index contributed by atoms with van der Waals surface area (Å²) in [5.74, 6) is 0. The molecule has 0 spiro atoms. The zero-order valence-electron chi connectivity index (χ0n) is 4.59. The third-order valence-corrected chi connectivity index (χ3v) is 1.31. The summed E-state index contributed by atoms with van der Waals surface area (Å²) in [6.45, 7) is 2.94. The Morgan fingerprint density at radius 1 is 2.00 bits per heavy atom. The third-order valence-electron chi connectivity index (χ3n) is 0.689. The van der Waals surface area contributed by atoms with Crippen molar-refractivity contribution < 1.29 is 1.43 Å². The number of hydrogen-bond acceptors (Lipinski definition) is 4. The van der Waals surface area contributed by atoms with E-state index in [1.165, 1.54) is 11.5 Å². The highest BCUT2D eigenvalue weighted by Gasteiger charge is 1.87. The van der Waals surface area contributed by atoms with Gasteiger partial charge in [-0.1, -0.05) is 0 Å². The van der Waals surface area contributed by atoms with E-state index in [2.05, 4.69) is 14.7 Å². The zero-order valence-corrected chi connectivity index (χ0v) is 5.40. The molecule has 1 heterocycles. The van der Waals surface area contributed by atoms with Gasteiger partial charge in [0.25, 0.3) is 0 Å². The molecule has 46 valence electrons. The van der Waals surface area contributed by atoms with Gasteiger partial charge in [-0.2, -0.15) is 4.37 Å². The minimum absolute atomic E-state index is 0. The van der Waals surface area contributed by atoms with Crippen molar-refractivity contribution in [3.05, 3.63) is 6.33 Å². The summed E-state index contributed by atoms with van der Waals surface area (Å²) >= 11 is 1.38. The quantitative estimate of drug-likeness (QED) is 0.655. The molecule has 0 bridgehead atoms. The number of anilines is 1. The maximum absolute atomic E-state index is 3.90. The second kappa shape index (κ2) is 2.61. The van der Waals surface area contributed by atoms with E-state index in [-0.39, 0.29) is 1.43 Å². The predicted molar refractivity (Wildman–Crippen MR) is 36.2 cm³/mol. The molecule has 0 saturated carbocycles. The first-order chi connectivity index (χ1) is 3.93. The van der Waals surface area contributed by atoms with E-state index >= 15 is 0 Å². The van der Waals surface area contributed by atoms with Gasteiger partial charge in [-0.25, -0.2) is 4.98 Å². The lowest BCUT2D eigenvalue weighted by atomic mass is 10.8. The second-order valence-electron chi connectivity index (χ2n) is 1.28. The molecule has 0 aliphatic rings. The lowest BCUT2D eigenvalue weighted by molar-refractivity contribution is 1.18. The summed E-state index contributed by atoms with van der Waals surface area (Å²) in [5, 5.41) is 3.93. The minimum Gasteiger partial charge on any atom is -0.361 e. The van der Waals surface area contributed by atoms with Crippen molar-refractivity contribution in [2.24, 2.45) is 0 Å². The van der Waals surface area contributed by atoms with Gasteiger partial charge in [0.1, 0.15) is 6.33 Å². The molecule has 1 aromatic rings. The molecule has 0 aromatic carbocycles. The summed E-state index contributed by atoms with van der Waals surface area (Å²) in [4.78, 5) is 3.90. The van der Waals surface area contributed by atoms with E-state index in [1.54, 1.807) is 6.33 Å². The highest BCUT2D eigenvalue weighted by Crippen LogP contribution is 2.04. The van der Waals surface area contributed by atoms with Gasteiger partial charge < -0.3 is 5.32 Å². The van der Waals surface area contributed by atoms with Crippen LogP contribution < -0.4 is 5.32 Å². The van der Waals surface area contributed by atoms with E-state index < -0.39 is 0 Å². The Morgan fingerprint density at radius 2 is 2.88 bits per heavy atom. The highest BCUT2D eigenvalue weighted by atomic mass is 32.1. The number of aromatic nitrogens is 2. The second-order valence-corrected chi connectivity index (χ2v) is 2.06. The van der Waals surface area contributed by atoms with Gasteiger partial charge in [-0.3, -0.25) is 0 Å². The molecule has 1 aromatic heterocycles. The summed E-state index contributed by atoms with van der Waals surface area (Å²) in [5.41, 5.74) is 0. The van der Waals surface area contributed by atoms with Crippen molar-refractivity contribution in [3.8, 4) is 0 Å². The molecule has 0 saturated heterocycles. The smallest absolute Gasteiger partial charge is 0.202 e. The lowest BCUT2D eigenvalue weighted by Crippen LogP contribution is -1.93. The molecule has 0 fully saturated rings. The number of nitrogens with one attached hydrogen (secondary N) is 1. The molecular formula is C4H9N3S. The highest BCUT2D eigenvalue weighted by molar-refractivity contribution is 7.09. The van der Waals surface area contributed by atoms with Gasteiger partial charge in [-0.15, -0.1) is 0 Å². The molecule has 1 N–H and O–H groups in total. The summed E-state index contributed by atoms with van der Waals surface area (Å²) in [6.07, 6.45) is 1.54. The van der Waals surface area contributed by atoms with E-state index in [0.717, 1.165) is 11.7 Å². The van der Waals surface area contributed by atoms with Crippen LogP contribution in [0.2, 0.25) is 0 Å². The fourth-order valence-corrected chi connectivity index (χ4v) is 0.900. The van der Waals surface area contributed by atoms with Crippen molar-refractivity contribution >= 4 is 16.7 Å². The van der Waals surface area contributed by atoms with Crippen molar-refractivity contribution in [1.29, 1.82) is 0 Å². The summed E-state index contributed by atoms with van der Waals surface area (Å²) < 4.78 is 3.81. The third kappa shape index (κ3) is 1.16. The summed E-state index contributed by atoms with van der Waals surface area (Å²) in [7, 11) is 0. The van der Waals surface area contributed by atoms with Crippen LogP contribution in [0.25, 0.3) is 0 Å². The van der Waals surface area contributed by atoms with Crippen molar-refractivity contribution in [2.75, 3.05) is 11.9 Å². The normalized spacial score (nSPS) is 9.12. The first-order valence-electron chi connectivity index (χ1n) is 2.44. The maximum atomic E-state index is 3.90. The molecule has 0 aliphatic carbocycles. The Kier molecular flexibility index (Phi) is 1.80. The Morgan fingerprint density at radius 3 is 3.38 bits per heavy atom. The monoisotopic (exact) mass is 131 g/mol. The molecule has 0 amide bonds. The Hall–Kier alpha value is -0.640. The fraction of sp³-hybridized carbons (Fsp3) is 0.500. The molecule has 4 heteroatoms. The van der Waals surface area contributed by atoms with Crippen molar-refractivity contribution in [2.45, 2.75) is 6.92 Å². The first-order valence-corrected chi connectivity index (χ1v) is 3.21. The molecule has 0 unspecified atom stereocenters. The van der Waals surface area contributed by atoms with E-state index in [4.69, 9.17) is 0 Å². The average molecular weight is 131 g/mol. The minimum atomic E-state index is 0. The lowest BCUT2D eigenvalue weighted by Gasteiger charge is -1.90. The van der Waals surface area contributed by atoms with Crippen LogP contribution in [-0.2, 0) is 0 Å². The SMILES string of the molecule is CCNc1ncns1.[HH]. The largest absolute Gasteiger partial charge is 0.361 e. The van der Waals surface area contributed by atoms with Gasteiger partial charge >= 0.3 is 0 Å². The Bertz CT molecular complexity index is 142. The summed E-state index contributed by atoms with van der Waals surface area (Å²) in [6, 6.07) is 0. The molecule has 0 atom stereocenters. The topological polar surface area (TPSA) is 37.8 Å². The van der Waals surface area contributed by atoms with E-state index in [0.29, 0.717) is 0 Å². The van der Waals surface area contributed by atoms with Gasteiger partial charge in [-0.05, 0) is 6.92 Å². The predicted octanol–water partition coefficient (Wildman–Crippen LogP) is 1.22. The Labute approximate surface area is 53.4 Å². The van der Waals surface area contributed by atoms with Crippen LogP contribution in [0.3, 0.4) is 0 Å². The van der Waals surface area contributed by atoms with Crippen molar-refractivity contribution in [1.82, 2.24) is 9.36 Å². The van der Waals surface area contributed by atoms with Crippen LogP contribution >= 0.6 is 11.5 Å². The van der Waals surface area contributed by atoms with Crippen LogP contribution in [0.4, 0.5) is 5.13 Å². The molecule has 0 aliphatic heterocycles. The van der Waals surface area contributed by atoms with Crippen molar-refractivity contribution in [3.63, 3.8) is 0 Å². The van der Waals surface area contributed by atoms with Crippen LogP contribution in [0.15, 0.2) is 6.33 Å². The average Bonchev–Trinajstić information content (AvgIpc) is 2.19. The zero-order chi connectivity index (χ0) is 5.82. The number of hydrogen-bond donors (Lipinski definition) is 1. The number of nitrogens with zero attached hydrogens (tertiary/aromatic N) is 2. The molecule has 8 heavy (non-hydrogen) atoms. The fourth-order valence-electron chi connectivity index (χ4n) is 0.402. The van der Waals surface area contributed by atoms with Gasteiger partial charge in [0.15, 0.2) is 0 Å². The van der Waals surface area contributed by atoms with E-state index in [9.17, 15) is 0 Å². The molecule has 3 nitrogen and oxygen atoms in total. The maximum Gasteiger partial charge on any atom is 0.202 e. The van der Waals surface area contributed by atoms with Crippen LogP contribution in [0.1, 0.15) is 8.35 Å². The van der Waals surface area contributed by atoms with Crippen LogP contribution in [0, 0.1) is 0 Å². The van der Waals surface area contributed by atoms with Gasteiger partial charge in [0.05, 0.1) is 0 Å². The van der Waals surface area contributed by atoms with Crippen LogP contribution in [0.5, 0.6) is 0 Å². The van der Waals surface area contributed by atoms with E-state index in [1.807, 2.05) is 6.92 Å². The standard InChI is InChI=1S/C4H7N3S.H2/c1-2-5-4-6-3-7-8-4;/h3H,2H2,1H3,(H,5,6,7);1H.